The normalized spacial score (nSPS) is 17.0. The van der Waals surface area contributed by atoms with Gasteiger partial charge in [-0.3, -0.25) is 9.59 Å². The molecule has 1 heterocycles. The number of ether oxygens (including phenoxy) is 2. The highest BCUT2D eigenvalue weighted by Gasteiger charge is 2.16. The number of methoxy groups -OCH3 is 1. The van der Waals surface area contributed by atoms with E-state index in [0.717, 1.165) is 19.4 Å². The summed E-state index contributed by atoms with van der Waals surface area (Å²) < 4.78 is 10.0. The second-order valence-electron chi connectivity index (χ2n) is 5.73. The highest BCUT2D eigenvalue weighted by Crippen LogP contribution is 2.12. The molecule has 1 aliphatic heterocycles. The van der Waals surface area contributed by atoms with Crippen molar-refractivity contribution in [2.75, 3.05) is 25.6 Å². The first-order valence-electron chi connectivity index (χ1n) is 8.07. The molecule has 2 N–H and O–H groups in total. The Morgan fingerprint density at radius 3 is 2.60 bits per heavy atom. The molecule has 1 aliphatic rings. The maximum atomic E-state index is 12.1. The van der Waals surface area contributed by atoms with E-state index in [1.54, 1.807) is 31.2 Å². The fourth-order valence-corrected chi connectivity index (χ4v) is 2.37. The Kier molecular flexibility index (Phi) is 6.71. The molecule has 0 aromatic heterocycles. The number of esters is 1. The quantitative estimate of drug-likeness (QED) is 0.603. The Morgan fingerprint density at radius 1 is 1.28 bits per heavy atom. The Bertz CT molecular complexity index is 661. The van der Waals surface area contributed by atoms with E-state index in [1.807, 2.05) is 0 Å². The third-order valence-corrected chi connectivity index (χ3v) is 3.80. The van der Waals surface area contributed by atoms with Crippen LogP contribution in [0.25, 0.3) is 0 Å². The van der Waals surface area contributed by atoms with Crippen molar-refractivity contribution in [1.82, 2.24) is 5.32 Å². The predicted molar refractivity (Wildman–Crippen MR) is 92.2 cm³/mol. The SMILES string of the molecule is COC(=O)c1ccc(NC(=O)/C(C)=C/C(=O)NCC2CCCO2)cc1. The molecule has 2 rings (SSSR count). The number of carbonyl (C=O) groups excluding carboxylic acids is 3. The van der Waals surface area contributed by atoms with Gasteiger partial charge in [-0.15, -0.1) is 0 Å². The average Bonchev–Trinajstić information content (AvgIpc) is 3.13. The number of nitrogens with one attached hydrogen (secondary N) is 2. The number of amides is 2. The lowest BCUT2D eigenvalue weighted by Crippen LogP contribution is -2.31. The summed E-state index contributed by atoms with van der Waals surface area (Å²) in [5.41, 5.74) is 1.19. The van der Waals surface area contributed by atoms with Crippen molar-refractivity contribution in [2.24, 2.45) is 0 Å². The van der Waals surface area contributed by atoms with Crippen LogP contribution < -0.4 is 10.6 Å². The van der Waals surface area contributed by atoms with Crippen LogP contribution in [0.4, 0.5) is 5.69 Å². The average molecular weight is 346 g/mol. The topological polar surface area (TPSA) is 93.7 Å². The number of hydrogen-bond donors (Lipinski definition) is 2. The molecular formula is C18H22N2O5. The van der Waals surface area contributed by atoms with Crippen molar-refractivity contribution in [1.29, 1.82) is 0 Å². The molecule has 0 aliphatic carbocycles. The minimum atomic E-state index is -0.447. The van der Waals surface area contributed by atoms with Crippen LogP contribution in [0.5, 0.6) is 0 Å². The Hall–Kier alpha value is -2.67. The van der Waals surface area contributed by atoms with E-state index in [4.69, 9.17) is 4.74 Å². The van der Waals surface area contributed by atoms with Crippen LogP contribution in [0.1, 0.15) is 30.1 Å². The second kappa shape index (κ2) is 8.98. The zero-order valence-corrected chi connectivity index (χ0v) is 14.3. The first-order valence-corrected chi connectivity index (χ1v) is 8.07. The van der Waals surface area contributed by atoms with Gasteiger partial charge in [0.05, 0.1) is 18.8 Å². The summed E-state index contributed by atoms with van der Waals surface area (Å²) in [4.78, 5) is 35.3. The van der Waals surface area contributed by atoms with Gasteiger partial charge >= 0.3 is 5.97 Å². The van der Waals surface area contributed by atoms with Crippen LogP contribution in [0.2, 0.25) is 0 Å². The van der Waals surface area contributed by atoms with Gasteiger partial charge in [0.2, 0.25) is 5.91 Å². The summed E-state index contributed by atoms with van der Waals surface area (Å²) in [6.07, 6.45) is 3.25. The van der Waals surface area contributed by atoms with E-state index in [0.29, 0.717) is 17.8 Å². The largest absolute Gasteiger partial charge is 0.465 e. The van der Waals surface area contributed by atoms with Crippen molar-refractivity contribution in [3.63, 3.8) is 0 Å². The lowest BCUT2D eigenvalue weighted by atomic mass is 10.2. The van der Waals surface area contributed by atoms with Crippen molar-refractivity contribution in [2.45, 2.75) is 25.9 Å². The third kappa shape index (κ3) is 5.72. The molecule has 0 spiro atoms. The summed E-state index contributed by atoms with van der Waals surface area (Å²) in [7, 11) is 1.30. The Morgan fingerprint density at radius 2 is 2.00 bits per heavy atom. The number of anilines is 1. The van der Waals surface area contributed by atoms with Gasteiger partial charge in [-0.1, -0.05) is 0 Å². The predicted octanol–water partition coefficient (Wildman–Crippen LogP) is 1.65. The molecule has 0 radical (unpaired) electrons. The van der Waals surface area contributed by atoms with Crippen LogP contribution in [0.15, 0.2) is 35.9 Å². The van der Waals surface area contributed by atoms with Gasteiger partial charge in [0.1, 0.15) is 0 Å². The monoisotopic (exact) mass is 346 g/mol. The van der Waals surface area contributed by atoms with Gasteiger partial charge in [0.15, 0.2) is 0 Å². The third-order valence-electron chi connectivity index (χ3n) is 3.80. The van der Waals surface area contributed by atoms with Gasteiger partial charge < -0.3 is 20.1 Å². The standard InChI is InChI=1S/C18H22N2O5/c1-12(10-16(21)19-11-15-4-3-9-25-15)17(22)20-14-7-5-13(6-8-14)18(23)24-2/h5-8,10,15H,3-4,9,11H2,1-2H3,(H,19,21)(H,20,22)/b12-10+. The van der Waals surface area contributed by atoms with Crippen LogP contribution in [-0.4, -0.2) is 44.1 Å². The van der Waals surface area contributed by atoms with E-state index >= 15 is 0 Å². The molecule has 1 atom stereocenters. The molecule has 1 aromatic rings. The fraction of sp³-hybridized carbons (Fsp3) is 0.389. The van der Waals surface area contributed by atoms with Gasteiger partial charge in [0.25, 0.3) is 5.91 Å². The minimum Gasteiger partial charge on any atom is -0.465 e. The fourth-order valence-electron chi connectivity index (χ4n) is 2.37. The van der Waals surface area contributed by atoms with Gasteiger partial charge in [0, 0.05) is 30.5 Å². The molecule has 0 saturated carbocycles. The highest BCUT2D eigenvalue weighted by atomic mass is 16.5. The number of rotatable bonds is 6. The zero-order valence-electron chi connectivity index (χ0n) is 14.3. The first kappa shape index (κ1) is 18.7. The minimum absolute atomic E-state index is 0.0554. The zero-order chi connectivity index (χ0) is 18.2. The van der Waals surface area contributed by atoms with E-state index in [1.165, 1.54) is 13.2 Å². The molecule has 7 nitrogen and oxygen atoms in total. The van der Waals surface area contributed by atoms with Crippen LogP contribution >= 0.6 is 0 Å². The van der Waals surface area contributed by atoms with Crippen LogP contribution in [0, 0.1) is 0 Å². The maximum absolute atomic E-state index is 12.1. The van der Waals surface area contributed by atoms with Gasteiger partial charge in [-0.05, 0) is 44.0 Å². The lowest BCUT2D eigenvalue weighted by Gasteiger charge is -2.10. The van der Waals surface area contributed by atoms with E-state index in [-0.39, 0.29) is 17.6 Å². The van der Waals surface area contributed by atoms with Crippen molar-refractivity contribution < 1.29 is 23.9 Å². The summed E-state index contributed by atoms with van der Waals surface area (Å²) >= 11 is 0. The second-order valence-corrected chi connectivity index (χ2v) is 5.73. The highest BCUT2D eigenvalue weighted by molar-refractivity contribution is 6.07. The molecule has 25 heavy (non-hydrogen) atoms. The Balaban J connectivity index is 1.85. The molecule has 1 aromatic carbocycles. The van der Waals surface area contributed by atoms with Crippen molar-refractivity contribution in [3.05, 3.63) is 41.5 Å². The summed E-state index contributed by atoms with van der Waals surface area (Å²) in [6.45, 7) is 2.73. The molecule has 1 unspecified atom stereocenters. The van der Waals surface area contributed by atoms with Crippen LogP contribution in [-0.2, 0) is 19.1 Å². The van der Waals surface area contributed by atoms with Crippen LogP contribution in [0.3, 0.4) is 0 Å². The number of carbonyl (C=O) groups is 3. The number of benzene rings is 1. The molecule has 1 saturated heterocycles. The molecular weight excluding hydrogens is 324 g/mol. The Labute approximate surface area is 146 Å². The molecule has 134 valence electrons. The van der Waals surface area contributed by atoms with E-state index in [2.05, 4.69) is 15.4 Å². The molecule has 7 heteroatoms. The van der Waals surface area contributed by atoms with Crippen molar-refractivity contribution >= 4 is 23.5 Å². The summed E-state index contributed by atoms with van der Waals surface area (Å²) in [6, 6.07) is 6.29. The van der Waals surface area contributed by atoms with Gasteiger partial charge in [-0.2, -0.15) is 0 Å². The van der Waals surface area contributed by atoms with Crippen molar-refractivity contribution in [3.8, 4) is 0 Å². The first-order chi connectivity index (χ1) is 12.0. The van der Waals surface area contributed by atoms with Gasteiger partial charge in [-0.25, -0.2) is 4.79 Å². The number of hydrogen-bond acceptors (Lipinski definition) is 5. The summed E-state index contributed by atoms with van der Waals surface area (Å²) in [5, 5.41) is 5.39. The smallest absolute Gasteiger partial charge is 0.337 e. The summed E-state index contributed by atoms with van der Waals surface area (Å²) in [5.74, 6) is -1.17. The molecule has 0 bridgehead atoms. The molecule has 2 amide bonds. The molecule has 1 fully saturated rings. The maximum Gasteiger partial charge on any atom is 0.337 e. The lowest BCUT2D eigenvalue weighted by molar-refractivity contribution is -0.118. The van der Waals surface area contributed by atoms with E-state index < -0.39 is 11.9 Å². The van der Waals surface area contributed by atoms with E-state index in [9.17, 15) is 14.4 Å².